The number of benzene rings is 2. The normalized spacial score (nSPS) is 9.12. The summed E-state index contributed by atoms with van der Waals surface area (Å²) in [5, 5.41) is 2.98. The number of anilines is 1. The van der Waals surface area contributed by atoms with E-state index in [9.17, 15) is 4.79 Å². The van der Waals surface area contributed by atoms with Crippen LogP contribution in [0.4, 0.5) is 5.69 Å². The summed E-state index contributed by atoms with van der Waals surface area (Å²) in [5.74, 6) is -0.0401. The summed E-state index contributed by atoms with van der Waals surface area (Å²) in [6.45, 7) is 14.2. The van der Waals surface area contributed by atoms with Crippen LogP contribution in [-0.2, 0) is 6.42 Å². The van der Waals surface area contributed by atoms with Gasteiger partial charge >= 0.3 is 0 Å². The van der Waals surface area contributed by atoms with E-state index in [1.165, 1.54) is 24.8 Å². The minimum absolute atomic E-state index is 0.0401. The number of rotatable bonds is 6. The first kappa shape index (κ1) is 22.7. The molecule has 2 nitrogen and oxygen atoms in total. The molecule has 2 aromatic carbocycles. The fourth-order valence-corrected chi connectivity index (χ4v) is 2.35. The standard InChI is InChI=1S/C19H23NO.C2H6.C2H4/c1-3-4-5-10-16-11-8-12-17(14-16)19(21)20-18-13-7-6-9-15(18)2;2*1-2/h6-9,11-14H,3-5,10H2,1-2H3,(H,20,21);1-2H3;1-2H2. The van der Waals surface area contributed by atoms with Crippen molar-refractivity contribution in [3.05, 3.63) is 78.4 Å². The van der Waals surface area contributed by atoms with E-state index >= 15 is 0 Å². The highest BCUT2D eigenvalue weighted by atomic mass is 16.1. The van der Waals surface area contributed by atoms with Crippen LogP contribution in [0.3, 0.4) is 0 Å². The third-order valence-electron chi connectivity index (χ3n) is 3.65. The Balaban J connectivity index is 0.00000134. The zero-order chi connectivity index (χ0) is 19.1. The van der Waals surface area contributed by atoms with E-state index in [4.69, 9.17) is 0 Å². The molecule has 25 heavy (non-hydrogen) atoms. The van der Waals surface area contributed by atoms with Crippen molar-refractivity contribution in [2.24, 2.45) is 0 Å². The lowest BCUT2D eigenvalue weighted by molar-refractivity contribution is 0.102. The van der Waals surface area contributed by atoms with Crippen molar-refractivity contribution in [1.29, 1.82) is 0 Å². The van der Waals surface area contributed by atoms with Crippen LogP contribution < -0.4 is 5.32 Å². The zero-order valence-corrected chi connectivity index (χ0v) is 16.3. The predicted octanol–water partition coefficient (Wildman–Crippen LogP) is 6.81. The van der Waals surface area contributed by atoms with E-state index in [1.807, 2.05) is 63.2 Å². The molecule has 0 heterocycles. The molecule has 0 fully saturated rings. The molecule has 0 aliphatic heterocycles. The number of hydrogen-bond acceptors (Lipinski definition) is 1. The molecule has 0 saturated heterocycles. The second-order valence-electron chi connectivity index (χ2n) is 5.43. The van der Waals surface area contributed by atoms with Gasteiger partial charge in [-0.1, -0.05) is 63.9 Å². The van der Waals surface area contributed by atoms with E-state index < -0.39 is 0 Å². The quantitative estimate of drug-likeness (QED) is 0.454. The number of aryl methyl sites for hydroxylation is 2. The molecular formula is C23H33NO. The maximum Gasteiger partial charge on any atom is 0.255 e. The number of unbranched alkanes of at least 4 members (excludes halogenated alkanes) is 2. The van der Waals surface area contributed by atoms with Crippen LogP contribution in [0.1, 0.15) is 61.5 Å². The number of nitrogens with one attached hydrogen (secondary N) is 1. The topological polar surface area (TPSA) is 29.1 Å². The minimum Gasteiger partial charge on any atom is -0.322 e. The van der Waals surface area contributed by atoms with Gasteiger partial charge in [0.15, 0.2) is 0 Å². The Hall–Kier alpha value is -2.35. The summed E-state index contributed by atoms with van der Waals surface area (Å²) in [7, 11) is 0. The average molecular weight is 340 g/mol. The SMILES string of the molecule is C=C.CC.CCCCCc1cccc(C(=O)Nc2ccccc2C)c1. The molecule has 0 aliphatic carbocycles. The highest BCUT2D eigenvalue weighted by Crippen LogP contribution is 2.16. The third kappa shape index (κ3) is 8.35. The smallest absolute Gasteiger partial charge is 0.255 e. The Kier molecular flexibility index (Phi) is 12.7. The van der Waals surface area contributed by atoms with Gasteiger partial charge in [-0.15, -0.1) is 13.2 Å². The Labute approximate surface area is 154 Å². The summed E-state index contributed by atoms with van der Waals surface area (Å²) < 4.78 is 0. The van der Waals surface area contributed by atoms with Crippen LogP contribution in [0.5, 0.6) is 0 Å². The molecule has 2 heteroatoms. The summed E-state index contributed by atoms with van der Waals surface area (Å²) in [5.41, 5.74) is 3.91. The van der Waals surface area contributed by atoms with E-state index in [1.54, 1.807) is 0 Å². The maximum atomic E-state index is 12.3. The monoisotopic (exact) mass is 339 g/mol. The zero-order valence-electron chi connectivity index (χ0n) is 16.3. The number of carbonyl (C=O) groups excluding carboxylic acids is 1. The average Bonchev–Trinajstić information content (AvgIpc) is 2.67. The fraction of sp³-hybridized carbons (Fsp3) is 0.348. The Morgan fingerprint density at radius 3 is 2.32 bits per heavy atom. The van der Waals surface area contributed by atoms with Gasteiger partial charge in [-0.25, -0.2) is 0 Å². The van der Waals surface area contributed by atoms with Gasteiger partial charge < -0.3 is 5.32 Å². The van der Waals surface area contributed by atoms with E-state index in [-0.39, 0.29) is 5.91 Å². The van der Waals surface area contributed by atoms with Gasteiger partial charge in [-0.05, 0) is 49.1 Å². The molecule has 1 N–H and O–H groups in total. The van der Waals surface area contributed by atoms with Crippen LogP contribution in [0.15, 0.2) is 61.7 Å². The Morgan fingerprint density at radius 1 is 1.00 bits per heavy atom. The summed E-state index contributed by atoms with van der Waals surface area (Å²) in [6.07, 6.45) is 4.67. The fourth-order valence-electron chi connectivity index (χ4n) is 2.35. The predicted molar refractivity (Wildman–Crippen MR) is 111 cm³/mol. The molecule has 0 spiro atoms. The molecule has 0 unspecified atom stereocenters. The molecular weight excluding hydrogens is 306 g/mol. The van der Waals surface area contributed by atoms with E-state index in [0.717, 1.165) is 23.2 Å². The second kappa shape index (κ2) is 14.0. The van der Waals surface area contributed by atoms with Crippen molar-refractivity contribution in [1.82, 2.24) is 0 Å². The first-order valence-electron chi connectivity index (χ1n) is 9.16. The first-order valence-corrected chi connectivity index (χ1v) is 9.16. The molecule has 0 saturated carbocycles. The number of carbonyl (C=O) groups is 1. The van der Waals surface area contributed by atoms with Gasteiger partial charge in [-0.2, -0.15) is 0 Å². The van der Waals surface area contributed by atoms with Crippen molar-refractivity contribution in [3.8, 4) is 0 Å². The molecule has 136 valence electrons. The van der Waals surface area contributed by atoms with Crippen molar-refractivity contribution >= 4 is 11.6 Å². The Morgan fingerprint density at radius 2 is 1.68 bits per heavy atom. The summed E-state index contributed by atoms with van der Waals surface area (Å²) >= 11 is 0. The first-order chi connectivity index (χ1) is 12.2. The largest absolute Gasteiger partial charge is 0.322 e. The van der Waals surface area contributed by atoms with Gasteiger partial charge in [0.1, 0.15) is 0 Å². The molecule has 2 rings (SSSR count). The molecule has 0 atom stereocenters. The highest BCUT2D eigenvalue weighted by Gasteiger charge is 2.08. The summed E-state index contributed by atoms with van der Waals surface area (Å²) in [6, 6.07) is 15.8. The van der Waals surface area contributed by atoms with Gasteiger partial charge in [0, 0.05) is 11.3 Å². The lowest BCUT2D eigenvalue weighted by Crippen LogP contribution is -2.12. The molecule has 1 amide bonds. The van der Waals surface area contributed by atoms with Crippen LogP contribution in [0, 0.1) is 6.92 Å². The van der Waals surface area contributed by atoms with Gasteiger partial charge in [0.25, 0.3) is 5.91 Å². The van der Waals surface area contributed by atoms with Crippen molar-refractivity contribution in [2.75, 3.05) is 5.32 Å². The van der Waals surface area contributed by atoms with Crippen LogP contribution in [0.2, 0.25) is 0 Å². The van der Waals surface area contributed by atoms with Crippen molar-refractivity contribution in [3.63, 3.8) is 0 Å². The highest BCUT2D eigenvalue weighted by molar-refractivity contribution is 6.04. The van der Waals surface area contributed by atoms with E-state index in [0.29, 0.717) is 0 Å². The van der Waals surface area contributed by atoms with Gasteiger partial charge in [0.05, 0.1) is 0 Å². The van der Waals surface area contributed by atoms with Crippen LogP contribution in [-0.4, -0.2) is 5.91 Å². The molecule has 0 aliphatic rings. The third-order valence-corrected chi connectivity index (χ3v) is 3.65. The lowest BCUT2D eigenvalue weighted by atomic mass is 10.0. The number of para-hydroxylation sites is 1. The van der Waals surface area contributed by atoms with Crippen LogP contribution in [0.25, 0.3) is 0 Å². The number of hydrogen-bond donors (Lipinski definition) is 1. The second-order valence-corrected chi connectivity index (χ2v) is 5.43. The van der Waals surface area contributed by atoms with Crippen molar-refractivity contribution < 1.29 is 4.79 Å². The Bertz CT molecular complexity index is 619. The summed E-state index contributed by atoms with van der Waals surface area (Å²) in [4.78, 5) is 12.3. The maximum absolute atomic E-state index is 12.3. The van der Waals surface area contributed by atoms with E-state index in [2.05, 4.69) is 31.5 Å². The molecule has 0 radical (unpaired) electrons. The minimum atomic E-state index is -0.0401. The molecule has 0 aromatic heterocycles. The van der Waals surface area contributed by atoms with Crippen molar-refractivity contribution in [2.45, 2.75) is 53.4 Å². The van der Waals surface area contributed by atoms with Gasteiger partial charge in [0.2, 0.25) is 0 Å². The molecule has 0 bridgehead atoms. The van der Waals surface area contributed by atoms with Crippen LogP contribution >= 0.6 is 0 Å². The lowest BCUT2D eigenvalue weighted by Gasteiger charge is -2.09. The van der Waals surface area contributed by atoms with Gasteiger partial charge in [-0.3, -0.25) is 4.79 Å². The number of amides is 1. The molecule has 2 aromatic rings.